The molecule has 0 atom stereocenters. The van der Waals surface area contributed by atoms with Gasteiger partial charge < -0.3 is 19.5 Å². The Hall–Kier alpha value is -2.67. The Bertz CT molecular complexity index is 913. The van der Waals surface area contributed by atoms with Crippen molar-refractivity contribution in [3.8, 4) is 0 Å². The molecule has 1 N–H and O–H groups in total. The number of carbonyl (C=O) groups is 2. The van der Waals surface area contributed by atoms with E-state index in [1.54, 1.807) is 4.90 Å². The second-order valence-corrected chi connectivity index (χ2v) is 7.45. The number of imidazole rings is 1. The number of amides is 2. The summed E-state index contributed by atoms with van der Waals surface area (Å²) >= 11 is 0. The molecule has 1 fully saturated rings. The molecule has 2 aromatic rings. The Labute approximate surface area is 164 Å². The quantitative estimate of drug-likeness (QED) is 0.885. The van der Waals surface area contributed by atoms with E-state index in [9.17, 15) is 9.59 Å². The number of ether oxygens (including phenoxy) is 1. The number of aryl methyl sites for hydroxylation is 1. The number of aromatic nitrogens is 2. The van der Waals surface area contributed by atoms with Crippen molar-refractivity contribution >= 4 is 17.5 Å². The summed E-state index contributed by atoms with van der Waals surface area (Å²) in [6.07, 6.45) is 2.76. The van der Waals surface area contributed by atoms with Gasteiger partial charge >= 0.3 is 0 Å². The smallest absolute Gasteiger partial charge is 0.291 e. The highest BCUT2D eigenvalue weighted by atomic mass is 16.5. The van der Waals surface area contributed by atoms with E-state index in [0.717, 1.165) is 41.8 Å². The summed E-state index contributed by atoms with van der Waals surface area (Å²) in [5.41, 5.74) is 4.23. The maximum Gasteiger partial charge on any atom is 0.291 e. The molecule has 0 aliphatic carbocycles. The number of hydrogen-bond donors (Lipinski definition) is 1. The highest BCUT2D eigenvalue weighted by Crippen LogP contribution is 2.24. The lowest BCUT2D eigenvalue weighted by Crippen LogP contribution is -2.41. The van der Waals surface area contributed by atoms with Gasteiger partial charge in [0.05, 0.1) is 18.9 Å². The van der Waals surface area contributed by atoms with Gasteiger partial charge in [-0.15, -0.1) is 0 Å². The van der Waals surface area contributed by atoms with Crippen LogP contribution in [0.1, 0.15) is 50.8 Å². The average molecular weight is 382 g/mol. The van der Waals surface area contributed by atoms with Gasteiger partial charge in [-0.3, -0.25) is 9.59 Å². The highest BCUT2D eigenvalue weighted by molar-refractivity contribution is 6.04. The fourth-order valence-corrected chi connectivity index (χ4v) is 3.87. The van der Waals surface area contributed by atoms with Gasteiger partial charge in [0.1, 0.15) is 5.69 Å². The van der Waals surface area contributed by atoms with Crippen molar-refractivity contribution in [2.75, 3.05) is 31.6 Å². The molecule has 2 aliphatic heterocycles. The first-order valence-electron chi connectivity index (χ1n) is 9.90. The van der Waals surface area contributed by atoms with E-state index in [1.807, 2.05) is 36.6 Å². The Balaban J connectivity index is 1.65. The molecule has 2 amide bonds. The van der Waals surface area contributed by atoms with Crippen LogP contribution in [-0.2, 0) is 17.7 Å². The van der Waals surface area contributed by atoms with Gasteiger partial charge in [0, 0.05) is 25.3 Å². The maximum absolute atomic E-state index is 13.0. The van der Waals surface area contributed by atoms with Crippen LogP contribution < -0.4 is 5.32 Å². The molecular weight excluding hydrogens is 356 g/mol. The Morgan fingerprint density at radius 2 is 1.89 bits per heavy atom. The molecule has 0 spiro atoms. The number of hydrogen-bond acceptors (Lipinski definition) is 4. The number of benzene rings is 1. The van der Waals surface area contributed by atoms with E-state index in [1.165, 1.54) is 0 Å². The van der Waals surface area contributed by atoms with E-state index in [0.29, 0.717) is 44.4 Å². The van der Waals surface area contributed by atoms with Crippen molar-refractivity contribution in [1.82, 2.24) is 14.5 Å². The first-order valence-corrected chi connectivity index (χ1v) is 9.90. The number of carbonyl (C=O) groups excluding carboxylic acids is 2. The lowest BCUT2D eigenvalue weighted by atomic mass is 10.1. The molecule has 0 unspecified atom stereocenters. The van der Waals surface area contributed by atoms with Gasteiger partial charge in [-0.1, -0.05) is 12.1 Å². The van der Waals surface area contributed by atoms with Crippen LogP contribution >= 0.6 is 0 Å². The largest absolute Gasteiger partial charge is 0.378 e. The molecule has 2 aliphatic rings. The van der Waals surface area contributed by atoms with Gasteiger partial charge in [0.15, 0.2) is 5.82 Å². The van der Waals surface area contributed by atoms with Gasteiger partial charge in [0.2, 0.25) is 0 Å². The molecule has 0 radical (unpaired) electrons. The van der Waals surface area contributed by atoms with E-state index in [-0.39, 0.29) is 11.8 Å². The van der Waals surface area contributed by atoms with E-state index >= 15 is 0 Å². The first-order chi connectivity index (χ1) is 13.6. The third-order valence-electron chi connectivity index (χ3n) is 5.67. The zero-order valence-electron chi connectivity index (χ0n) is 16.5. The number of fused-ring (bicyclic) bond motifs is 1. The summed E-state index contributed by atoms with van der Waals surface area (Å²) in [5.74, 6) is -0.0372. The number of nitrogens with one attached hydrogen (secondary N) is 1. The summed E-state index contributed by atoms with van der Waals surface area (Å²) in [7, 11) is 0. The summed E-state index contributed by atoms with van der Waals surface area (Å²) in [6.45, 7) is 6.93. The molecule has 7 heteroatoms. The average Bonchev–Trinajstić information content (AvgIpc) is 3.11. The second kappa shape index (κ2) is 7.75. The van der Waals surface area contributed by atoms with E-state index < -0.39 is 0 Å². The normalized spacial score (nSPS) is 16.6. The number of morpholine rings is 1. The Morgan fingerprint density at radius 1 is 1.11 bits per heavy atom. The van der Waals surface area contributed by atoms with Gasteiger partial charge in [-0.05, 0) is 50.3 Å². The molecule has 1 saturated heterocycles. The number of anilines is 1. The van der Waals surface area contributed by atoms with Crippen LogP contribution in [-0.4, -0.2) is 52.6 Å². The van der Waals surface area contributed by atoms with Gasteiger partial charge in [-0.2, -0.15) is 0 Å². The van der Waals surface area contributed by atoms with Crippen molar-refractivity contribution in [3.05, 3.63) is 46.5 Å². The lowest BCUT2D eigenvalue weighted by molar-refractivity contribution is 0.0298. The van der Waals surface area contributed by atoms with Crippen molar-refractivity contribution in [3.63, 3.8) is 0 Å². The minimum Gasteiger partial charge on any atom is -0.378 e. The summed E-state index contributed by atoms with van der Waals surface area (Å²) < 4.78 is 7.27. The Kier molecular flexibility index (Phi) is 5.17. The molecular formula is C21H26N4O3. The topological polar surface area (TPSA) is 76.5 Å². The minimum absolute atomic E-state index is 0.0975. The van der Waals surface area contributed by atoms with Crippen LogP contribution in [0, 0.1) is 13.8 Å². The molecule has 148 valence electrons. The fourth-order valence-electron chi connectivity index (χ4n) is 3.87. The molecule has 0 bridgehead atoms. The first kappa shape index (κ1) is 18.7. The maximum atomic E-state index is 13.0. The van der Waals surface area contributed by atoms with Crippen LogP contribution in [0.2, 0.25) is 0 Å². The van der Waals surface area contributed by atoms with Crippen LogP contribution in [0.3, 0.4) is 0 Å². The summed E-state index contributed by atoms with van der Waals surface area (Å²) in [5, 5.41) is 2.98. The SMILES string of the molecule is Cc1cccc(NC(=O)c2nc(C(=O)N3CCOCC3)c3n2CCCC3)c1C. The predicted molar refractivity (Wildman–Crippen MR) is 106 cm³/mol. The van der Waals surface area contributed by atoms with Crippen LogP contribution in [0.25, 0.3) is 0 Å². The molecule has 0 saturated carbocycles. The monoisotopic (exact) mass is 382 g/mol. The summed E-state index contributed by atoms with van der Waals surface area (Å²) in [4.78, 5) is 32.4. The van der Waals surface area contributed by atoms with Crippen molar-refractivity contribution in [2.45, 2.75) is 39.7 Å². The predicted octanol–water partition coefficient (Wildman–Crippen LogP) is 2.56. The standard InChI is InChI=1S/C21H26N4O3/c1-14-6-5-7-16(15(14)2)22-20(26)19-23-18(17-8-3-4-9-25(17)19)21(27)24-10-12-28-13-11-24/h5-7H,3-4,8-13H2,1-2H3,(H,22,26). The third kappa shape index (κ3) is 3.42. The van der Waals surface area contributed by atoms with E-state index in [4.69, 9.17) is 4.74 Å². The van der Waals surface area contributed by atoms with Crippen molar-refractivity contribution in [2.24, 2.45) is 0 Å². The number of nitrogens with zero attached hydrogens (tertiary/aromatic N) is 3. The number of rotatable bonds is 3. The Morgan fingerprint density at radius 3 is 2.68 bits per heavy atom. The molecule has 4 rings (SSSR count). The zero-order chi connectivity index (χ0) is 19.7. The van der Waals surface area contributed by atoms with Crippen LogP contribution in [0.5, 0.6) is 0 Å². The van der Waals surface area contributed by atoms with Gasteiger partial charge in [-0.25, -0.2) is 4.98 Å². The van der Waals surface area contributed by atoms with E-state index in [2.05, 4.69) is 10.3 Å². The fraction of sp³-hybridized carbons (Fsp3) is 0.476. The molecule has 1 aromatic heterocycles. The molecule has 1 aromatic carbocycles. The highest BCUT2D eigenvalue weighted by Gasteiger charge is 2.30. The minimum atomic E-state index is -0.266. The van der Waals surface area contributed by atoms with Gasteiger partial charge in [0.25, 0.3) is 11.8 Å². The van der Waals surface area contributed by atoms with Crippen molar-refractivity contribution in [1.29, 1.82) is 0 Å². The van der Waals surface area contributed by atoms with Crippen LogP contribution in [0.15, 0.2) is 18.2 Å². The molecule has 7 nitrogen and oxygen atoms in total. The molecule has 28 heavy (non-hydrogen) atoms. The second-order valence-electron chi connectivity index (χ2n) is 7.45. The summed E-state index contributed by atoms with van der Waals surface area (Å²) in [6, 6.07) is 5.83. The third-order valence-corrected chi connectivity index (χ3v) is 5.67. The molecule has 3 heterocycles. The zero-order valence-corrected chi connectivity index (χ0v) is 16.5. The van der Waals surface area contributed by atoms with Crippen LogP contribution in [0.4, 0.5) is 5.69 Å². The van der Waals surface area contributed by atoms with Crippen molar-refractivity contribution < 1.29 is 14.3 Å². The lowest BCUT2D eigenvalue weighted by Gasteiger charge is -2.26.